The quantitative estimate of drug-likeness (QED) is 0.439. The van der Waals surface area contributed by atoms with Crippen LogP contribution in [0.5, 0.6) is 0 Å². The molecule has 0 aliphatic carbocycles. The van der Waals surface area contributed by atoms with Crippen molar-refractivity contribution in [2.24, 2.45) is 7.05 Å². The van der Waals surface area contributed by atoms with Gasteiger partial charge < -0.3 is 19.5 Å². The van der Waals surface area contributed by atoms with Gasteiger partial charge in [-0.2, -0.15) is 0 Å². The maximum atomic E-state index is 5.66. The lowest BCUT2D eigenvalue weighted by Crippen LogP contribution is -2.16. The molecule has 186 valence electrons. The Balaban J connectivity index is 1.38. The molecule has 0 radical (unpaired) electrons. The normalized spacial score (nSPS) is 17.9. The predicted molar refractivity (Wildman–Crippen MR) is 142 cm³/mol. The minimum absolute atomic E-state index is 0.426. The first-order chi connectivity index (χ1) is 17.5. The monoisotopic (exact) mass is 483 g/mol. The lowest BCUT2D eigenvalue weighted by molar-refractivity contribution is 0.193. The lowest BCUT2D eigenvalue weighted by atomic mass is 9.96. The van der Waals surface area contributed by atoms with Crippen molar-refractivity contribution in [3.63, 3.8) is 0 Å². The molecular weight excluding hydrogens is 450 g/mol. The topological polar surface area (TPSA) is 71.3 Å². The van der Waals surface area contributed by atoms with Crippen molar-refractivity contribution in [1.82, 2.24) is 29.3 Å². The number of pyridine rings is 3. The first-order valence-electron chi connectivity index (χ1n) is 12.6. The predicted octanol–water partition coefficient (Wildman–Crippen LogP) is 4.28. The number of anilines is 2. The molecule has 4 aromatic rings. The van der Waals surface area contributed by atoms with Crippen LogP contribution in [0.15, 0.2) is 42.9 Å². The van der Waals surface area contributed by atoms with Crippen LogP contribution in [0.25, 0.3) is 22.3 Å². The van der Waals surface area contributed by atoms with Gasteiger partial charge in [0.25, 0.3) is 0 Å². The van der Waals surface area contributed by atoms with Crippen molar-refractivity contribution in [1.29, 1.82) is 0 Å². The molecule has 0 saturated carbocycles. The summed E-state index contributed by atoms with van der Waals surface area (Å²) in [6.45, 7) is 4.15. The maximum Gasteiger partial charge on any atom is 0.140 e. The Hall–Kier alpha value is -3.33. The molecule has 36 heavy (non-hydrogen) atoms. The van der Waals surface area contributed by atoms with Crippen molar-refractivity contribution in [2.45, 2.75) is 32.0 Å². The van der Waals surface area contributed by atoms with Crippen LogP contribution in [0.3, 0.4) is 0 Å². The molecule has 8 nitrogen and oxygen atoms in total. The summed E-state index contributed by atoms with van der Waals surface area (Å²) < 4.78 is 7.71. The fourth-order valence-corrected chi connectivity index (χ4v) is 5.55. The van der Waals surface area contributed by atoms with Gasteiger partial charge in [-0.3, -0.25) is 9.88 Å². The number of aromatic nitrogens is 4. The van der Waals surface area contributed by atoms with Crippen LogP contribution in [0, 0.1) is 0 Å². The molecule has 8 heteroatoms. The summed E-state index contributed by atoms with van der Waals surface area (Å²) in [6.07, 6.45) is 6.96. The van der Waals surface area contributed by atoms with Gasteiger partial charge in [0.1, 0.15) is 11.5 Å². The van der Waals surface area contributed by atoms with E-state index in [-0.39, 0.29) is 0 Å². The van der Waals surface area contributed by atoms with Gasteiger partial charge >= 0.3 is 0 Å². The third-order valence-corrected chi connectivity index (χ3v) is 7.28. The van der Waals surface area contributed by atoms with E-state index in [1.807, 2.05) is 19.4 Å². The van der Waals surface area contributed by atoms with E-state index in [9.17, 15) is 0 Å². The fraction of sp³-hybridized carbons (Fsp3) is 0.393. The van der Waals surface area contributed by atoms with Gasteiger partial charge in [-0.15, -0.1) is 0 Å². The molecule has 0 amide bonds. The molecule has 6 rings (SSSR count). The van der Waals surface area contributed by atoms with Crippen molar-refractivity contribution >= 4 is 22.5 Å². The van der Waals surface area contributed by atoms with Crippen molar-refractivity contribution in [2.75, 3.05) is 39.7 Å². The second kappa shape index (κ2) is 9.28. The van der Waals surface area contributed by atoms with Gasteiger partial charge in [0.2, 0.25) is 0 Å². The van der Waals surface area contributed by atoms with E-state index >= 15 is 0 Å². The molecule has 1 N–H and O–H groups in total. The number of rotatable bonds is 6. The van der Waals surface area contributed by atoms with Crippen molar-refractivity contribution < 1.29 is 4.74 Å². The van der Waals surface area contributed by atoms with Gasteiger partial charge in [0, 0.05) is 62.6 Å². The zero-order valence-electron chi connectivity index (χ0n) is 21.5. The highest BCUT2D eigenvalue weighted by Gasteiger charge is 2.26. The number of hydrogen-bond donors (Lipinski definition) is 1. The first-order valence-corrected chi connectivity index (χ1v) is 12.6. The lowest BCUT2D eigenvalue weighted by Gasteiger charge is -2.19. The second-order valence-corrected chi connectivity index (χ2v) is 10.3. The molecule has 0 bridgehead atoms. The molecule has 2 aliphatic heterocycles. The molecule has 1 atom stereocenters. The summed E-state index contributed by atoms with van der Waals surface area (Å²) >= 11 is 0. The average molecular weight is 484 g/mol. The maximum absolute atomic E-state index is 5.66. The Labute approximate surface area is 211 Å². The van der Waals surface area contributed by atoms with E-state index in [1.54, 1.807) is 0 Å². The number of nitrogens with zero attached hydrogens (tertiary/aromatic N) is 6. The molecule has 0 unspecified atom stereocenters. The smallest absolute Gasteiger partial charge is 0.140 e. The molecule has 1 saturated heterocycles. The second-order valence-electron chi connectivity index (χ2n) is 10.3. The minimum Gasteiger partial charge on any atom is -0.381 e. The van der Waals surface area contributed by atoms with Gasteiger partial charge in [0.15, 0.2) is 0 Å². The number of aryl methyl sites for hydroxylation is 1. The van der Waals surface area contributed by atoms with Gasteiger partial charge in [0.05, 0.1) is 29.9 Å². The number of hydrogen-bond acceptors (Lipinski definition) is 7. The Kier molecular flexibility index (Phi) is 5.95. The van der Waals surface area contributed by atoms with Gasteiger partial charge in [-0.1, -0.05) is 6.07 Å². The SMILES string of the molecule is CN(C)Cc1nc(Nc2cnc(-c3ccnc4c3ccn4C)c3c2CN(C)C3)ccc1[C@H]1CCOC1. The van der Waals surface area contributed by atoms with Crippen molar-refractivity contribution in [3.05, 3.63) is 65.2 Å². The van der Waals surface area contributed by atoms with E-state index in [0.717, 1.165) is 78.8 Å². The summed E-state index contributed by atoms with van der Waals surface area (Å²) in [7, 11) is 8.36. The van der Waals surface area contributed by atoms with Crippen LogP contribution in [0.1, 0.15) is 34.7 Å². The van der Waals surface area contributed by atoms with Crippen LogP contribution >= 0.6 is 0 Å². The average Bonchev–Trinajstić information content (AvgIpc) is 3.60. The Morgan fingerprint density at radius 3 is 2.75 bits per heavy atom. The fourth-order valence-electron chi connectivity index (χ4n) is 5.55. The number of nitrogens with one attached hydrogen (secondary N) is 1. The Morgan fingerprint density at radius 2 is 1.94 bits per heavy atom. The Morgan fingerprint density at radius 1 is 1.08 bits per heavy atom. The van der Waals surface area contributed by atoms with E-state index in [4.69, 9.17) is 14.7 Å². The van der Waals surface area contributed by atoms with Crippen LogP contribution in [0.4, 0.5) is 11.5 Å². The molecule has 0 spiro atoms. The zero-order chi connectivity index (χ0) is 24.8. The van der Waals surface area contributed by atoms with Crippen LogP contribution in [0.2, 0.25) is 0 Å². The van der Waals surface area contributed by atoms with Gasteiger partial charge in [-0.05, 0) is 62.5 Å². The largest absolute Gasteiger partial charge is 0.381 e. The highest BCUT2D eigenvalue weighted by Crippen LogP contribution is 2.38. The third kappa shape index (κ3) is 4.15. The molecule has 1 fully saturated rings. The van der Waals surface area contributed by atoms with Crippen LogP contribution in [-0.4, -0.2) is 63.7 Å². The number of ether oxygens (including phenoxy) is 1. The van der Waals surface area contributed by atoms with E-state index in [2.05, 4.69) is 76.3 Å². The standard InChI is InChI=1S/C28H33N7O/c1-33(2)16-25-19(18-9-12-36-17-18)5-6-26(32-25)31-24-13-30-27(23-15-34(3)14-22(23)24)20-7-10-29-28-21(20)8-11-35(28)4/h5-8,10-11,13,18H,9,12,14-17H2,1-4H3,(H,31,32)/t18-/m0/s1. The molecular formula is C28H33N7O. The Bertz CT molecular complexity index is 1420. The van der Waals surface area contributed by atoms with Crippen molar-refractivity contribution in [3.8, 4) is 11.3 Å². The molecule has 0 aromatic carbocycles. The van der Waals surface area contributed by atoms with E-state index < -0.39 is 0 Å². The molecule has 6 heterocycles. The third-order valence-electron chi connectivity index (χ3n) is 7.28. The van der Waals surface area contributed by atoms with E-state index in [0.29, 0.717) is 5.92 Å². The minimum atomic E-state index is 0.426. The summed E-state index contributed by atoms with van der Waals surface area (Å²) in [5.41, 5.74) is 9.14. The molecule has 4 aromatic heterocycles. The summed E-state index contributed by atoms with van der Waals surface area (Å²) in [6, 6.07) is 8.54. The van der Waals surface area contributed by atoms with Crippen LogP contribution < -0.4 is 5.32 Å². The highest BCUT2D eigenvalue weighted by atomic mass is 16.5. The van der Waals surface area contributed by atoms with E-state index in [1.165, 1.54) is 16.7 Å². The highest BCUT2D eigenvalue weighted by molar-refractivity contribution is 5.93. The number of fused-ring (bicyclic) bond motifs is 2. The summed E-state index contributed by atoms with van der Waals surface area (Å²) in [5.74, 6) is 1.28. The summed E-state index contributed by atoms with van der Waals surface area (Å²) in [5, 5.41) is 4.74. The van der Waals surface area contributed by atoms with Crippen LogP contribution in [-0.2, 0) is 31.4 Å². The summed E-state index contributed by atoms with van der Waals surface area (Å²) in [4.78, 5) is 19.1. The van der Waals surface area contributed by atoms with Gasteiger partial charge in [-0.25, -0.2) is 9.97 Å². The molecule has 2 aliphatic rings. The zero-order valence-corrected chi connectivity index (χ0v) is 21.5. The first kappa shape index (κ1) is 23.1.